The molecule has 0 unspecified atom stereocenters. The number of hydrogen-bond acceptors (Lipinski definition) is 3. The molecule has 1 amide bonds. The van der Waals surface area contributed by atoms with Crippen molar-refractivity contribution in [1.82, 2.24) is 4.90 Å². The number of rotatable bonds is 3. The summed E-state index contributed by atoms with van der Waals surface area (Å²) in [6.07, 6.45) is 2.84. The zero-order chi connectivity index (χ0) is 12.5. The van der Waals surface area contributed by atoms with Crippen molar-refractivity contribution in [2.75, 3.05) is 26.8 Å². The van der Waals surface area contributed by atoms with Gasteiger partial charge >= 0.3 is 0 Å². The van der Waals surface area contributed by atoms with Gasteiger partial charge in [-0.3, -0.25) is 4.79 Å². The molecule has 2 aliphatic rings. The van der Waals surface area contributed by atoms with Gasteiger partial charge in [-0.25, -0.2) is 0 Å². The van der Waals surface area contributed by atoms with Gasteiger partial charge in [-0.1, -0.05) is 13.8 Å². The van der Waals surface area contributed by atoms with Gasteiger partial charge in [0.1, 0.15) is 5.60 Å². The number of hydrogen-bond donors (Lipinski definition) is 0. The maximum Gasteiger partial charge on any atom is 0.223 e. The van der Waals surface area contributed by atoms with Crippen LogP contribution in [0.25, 0.3) is 0 Å². The van der Waals surface area contributed by atoms with Gasteiger partial charge < -0.3 is 14.4 Å². The minimum absolute atomic E-state index is 0.106. The van der Waals surface area contributed by atoms with E-state index in [2.05, 4.69) is 13.8 Å². The number of ether oxygens (including phenoxy) is 2. The smallest absolute Gasteiger partial charge is 0.223 e. The maximum absolute atomic E-state index is 11.9. The van der Waals surface area contributed by atoms with Gasteiger partial charge in [0.2, 0.25) is 5.91 Å². The summed E-state index contributed by atoms with van der Waals surface area (Å²) in [5, 5.41) is 0. The molecule has 1 spiro atoms. The van der Waals surface area contributed by atoms with Gasteiger partial charge in [-0.05, 0) is 12.3 Å². The lowest BCUT2D eigenvalue weighted by Gasteiger charge is -2.53. The van der Waals surface area contributed by atoms with Crippen LogP contribution in [0.4, 0.5) is 0 Å². The number of nitrogens with zero attached hydrogens (tertiary/aromatic N) is 1. The van der Waals surface area contributed by atoms with Crippen molar-refractivity contribution >= 4 is 5.91 Å². The van der Waals surface area contributed by atoms with E-state index in [0.29, 0.717) is 18.4 Å². The van der Waals surface area contributed by atoms with E-state index in [1.165, 1.54) is 0 Å². The third-order valence-electron chi connectivity index (χ3n) is 3.67. The van der Waals surface area contributed by atoms with Crippen LogP contribution in [-0.4, -0.2) is 49.3 Å². The number of amides is 1. The fourth-order valence-electron chi connectivity index (χ4n) is 2.71. The van der Waals surface area contributed by atoms with Crippen molar-refractivity contribution in [3.05, 3.63) is 0 Å². The van der Waals surface area contributed by atoms with Crippen LogP contribution in [0.2, 0.25) is 0 Å². The molecule has 2 aliphatic heterocycles. The Hall–Kier alpha value is -0.610. The summed E-state index contributed by atoms with van der Waals surface area (Å²) in [6, 6.07) is 0. The van der Waals surface area contributed by atoms with Crippen LogP contribution in [0, 0.1) is 5.92 Å². The van der Waals surface area contributed by atoms with E-state index in [9.17, 15) is 4.79 Å². The van der Waals surface area contributed by atoms with Crippen LogP contribution in [0.5, 0.6) is 0 Å². The first-order valence-corrected chi connectivity index (χ1v) is 6.49. The van der Waals surface area contributed by atoms with Crippen LogP contribution in [0.15, 0.2) is 0 Å². The van der Waals surface area contributed by atoms with Crippen molar-refractivity contribution in [1.29, 1.82) is 0 Å². The molecule has 0 aromatic rings. The molecule has 0 aliphatic carbocycles. The van der Waals surface area contributed by atoms with E-state index in [1.807, 2.05) is 4.90 Å². The zero-order valence-electron chi connectivity index (χ0n) is 11.1. The molecule has 0 aromatic heterocycles. The molecule has 2 rings (SSSR count). The molecule has 0 bridgehead atoms. The lowest BCUT2D eigenvalue weighted by molar-refractivity contribution is -0.198. The standard InChI is InChI=1S/C13H23NO3/c1-10(2)6-12(15)14-8-13(9-14)7-11(16-3)4-5-17-13/h10-11H,4-9H2,1-3H3/t11-/m0/s1. The highest BCUT2D eigenvalue weighted by atomic mass is 16.5. The van der Waals surface area contributed by atoms with E-state index in [4.69, 9.17) is 9.47 Å². The third kappa shape index (κ3) is 2.80. The van der Waals surface area contributed by atoms with Gasteiger partial charge in [0, 0.05) is 26.6 Å². The molecule has 0 saturated carbocycles. The fourth-order valence-corrected chi connectivity index (χ4v) is 2.71. The molecular weight excluding hydrogens is 218 g/mol. The highest BCUT2D eigenvalue weighted by Crippen LogP contribution is 2.35. The Morgan fingerprint density at radius 3 is 2.82 bits per heavy atom. The first-order valence-electron chi connectivity index (χ1n) is 6.49. The molecule has 2 fully saturated rings. The van der Waals surface area contributed by atoms with Crippen LogP contribution in [0.3, 0.4) is 0 Å². The van der Waals surface area contributed by atoms with Gasteiger partial charge in [0.05, 0.1) is 19.2 Å². The Morgan fingerprint density at radius 1 is 1.53 bits per heavy atom. The molecule has 0 radical (unpaired) electrons. The Balaban J connectivity index is 1.82. The van der Waals surface area contributed by atoms with Crippen LogP contribution < -0.4 is 0 Å². The van der Waals surface area contributed by atoms with Crippen molar-refractivity contribution in [3.8, 4) is 0 Å². The summed E-state index contributed by atoms with van der Waals surface area (Å²) < 4.78 is 11.2. The molecule has 0 aromatic carbocycles. The van der Waals surface area contributed by atoms with Gasteiger partial charge in [0.15, 0.2) is 0 Å². The number of likely N-dealkylation sites (tertiary alicyclic amines) is 1. The average molecular weight is 241 g/mol. The summed E-state index contributed by atoms with van der Waals surface area (Å²) in [5.41, 5.74) is -0.106. The molecule has 98 valence electrons. The predicted molar refractivity (Wildman–Crippen MR) is 64.7 cm³/mol. The summed E-state index contributed by atoms with van der Waals surface area (Å²) in [7, 11) is 1.75. The topological polar surface area (TPSA) is 38.8 Å². The Labute approximate surface area is 103 Å². The van der Waals surface area contributed by atoms with E-state index < -0.39 is 0 Å². The van der Waals surface area contributed by atoms with Crippen molar-refractivity contribution in [3.63, 3.8) is 0 Å². The minimum atomic E-state index is -0.106. The lowest BCUT2D eigenvalue weighted by atomic mass is 9.84. The monoisotopic (exact) mass is 241 g/mol. The van der Waals surface area contributed by atoms with Gasteiger partial charge in [-0.2, -0.15) is 0 Å². The second kappa shape index (κ2) is 4.94. The van der Waals surface area contributed by atoms with Crippen LogP contribution >= 0.6 is 0 Å². The number of carbonyl (C=O) groups is 1. The molecule has 4 nitrogen and oxygen atoms in total. The molecule has 2 heterocycles. The normalized spacial score (nSPS) is 27.3. The molecule has 17 heavy (non-hydrogen) atoms. The first-order chi connectivity index (χ1) is 8.04. The molecule has 0 N–H and O–H groups in total. The lowest BCUT2D eigenvalue weighted by Crippen LogP contribution is -2.67. The largest absolute Gasteiger partial charge is 0.381 e. The van der Waals surface area contributed by atoms with Gasteiger partial charge in [0.25, 0.3) is 0 Å². The van der Waals surface area contributed by atoms with E-state index in [1.54, 1.807) is 7.11 Å². The second-order valence-corrected chi connectivity index (χ2v) is 5.73. The number of carbonyl (C=O) groups excluding carboxylic acids is 1. The molecule has 4 heteroatoms. The maximum atomic E-state index is 11.9. The summed E-state index contributed by atoms with van der Waals surface area (Å²) >= 11 is 0. The third-order valence-corrected chi connectivity index (χ3v) is 3.67. The van der Waals surface area contributed by atoms with E-state index in [0.717, 1.165) is 32.5 Å². The molecule has 2 saturated heterocycles. The van der Waals surface area contributed by atoms with Crippen molar-refractivity contribution < 1.29 is 14.3 Å². The molecule has 1 atom stereocenters. The second-order valence-electron chi connectivity index (χ2n) is 5.73. The Bertz CT molecular complexity index is 284. The summed E-state index contributed by atoms with van der Waals surface area (Å²) in [6.45, 7) is 6.40. The van der Waals surface area contributed by atoms with E-state index in [-0.39, 0.29) is 11.5 Å². The van der Waals surface area contributed by atoms with E-state index >= 15 is 0 Å². The Kier molecular flexibility index (Phi) is 3.73. The quantitative estimate of drug-likeness (QED) is 0.750. The predicted octanol–water partition coefficient (Wildman–Crippen LogP) is 1.44. The summed E-state index contributed by atoms with van der Waals surface area (Å²) in [5.74, 6) is 0.687. The average Bonchev–Trinajstić information content (AvgIpc) is 2.24. The first kappa shape index (κ1) is 12.8. The Morgan fingerprint density at radius 2 is 2.24 bits per heavy atom. The minimum Gasteiger partial charge on any atom is -0.381 e. The van der Waals surface area contributed by atoms with Crippen LogP contribution in [-0.2, 0) is 14.3 Å². The SMILES string of the molecule is CO[C@H]1CCOC2(C1)CN(C(=O)CC(C)C)C2. The fraction of sp³-hybridized carbons (Fsp3) is 0.923. The van der Waals surface area contributed by atoms with Gasteiger partial charge in [-0.15, -0.1) is 0 Å². The summed E-state index contributed by atoms with van der Waals surface area (Å²) in [4.78, 5) is 13.8. The number of methoxy groups -OCH3 is 1. The van der Waals surface area contributed by atoms with Crippen molar-refractivity contribution in [2.24, 2.45) is 5.92 Å². The highest BCUT2D eigenvalue weighted by molar-refractivity contribution is 5.77. The zero-order valence-corrected chi connectivity index (χ0v) is 11.1. The molecular formula is C13H23NO3. The highest BCUT2D eigenvalue weighted by Gasteiger charge is 2.49. The van der Waals surface area contributed by atoms with Crippen LogP contribution in [0.1, 0.15) is 33.1 Å². The van der Waals surface area contributed by atoms with Crippen molar-refractivity contribution in [2.45, 2.75) is 44.8 Å².